The number of carbonyl (C=O) groups is 1. The fourth-order valence-electron chi connectivity index (χ4n) is 1.82. The number of furan rings is 1. The largest absolute Gasteiger partial charge is 0.463 e. The minimum atomic E-state index is -0.484. The van der Waals surface area contributed by atoms with E-state index in [2.05, 4.69) is 4.74 Å². The van der Waals surface area contributed by atoms with E-state index in [4.69, 9.17) is 4.42 Å². The molecule has 1 aromatic heterocycles. The maximum absolute atomic E-state index is 11.2. The van der Waals surface area contributed by atoms with E-state index in [0.29, 0.717) is 5.76 Å². The van der Waals surface area contributed by atoms with Gasteiger partial charge in [-0.3, -0.25) is 0 Å². The average molecular weight is 210 g/mol. The first-order valence-electron chi connectivity index (χ1n) is 4.97. The minimum absolute atomic E-state index is 0.194. The van der Waals surface area contributed by atoms with Crippen LogP contribution in [0.5, 0.6) is 0 Å². The first-order valence-corrected chi connectivity index (χ1v) is 4.97. The normalized spacial score (nSPS) is 19.7. The Bertz CT molecular complexity index is 374. The molecule has 1 unspecified atom stereocenters. The average Bonchev–Trinajstić information content (AvgIpc) is 2.90. The second-order valence-corrected chi connectivity index (χ2v) is 3.99. The molecule has 0 bridgehead atoms. The highest BCUT2D eigenvalue weighted by atomic mass is 16.5. The Kier molecular flexibility index (Phi) is 2.31. The Balaban J connectivity index is 2.24. The van der Waals surface area contributed by atoms with Crippen molar-refractivity contribution in [3.8, 4) is 0 Å². The molecule has 82 valence electrons. The molecule has 4 heteroatoms. The molecule has 1 heterocycles. The predicted molar refractivity (Wildman–Crippen MR) is 52.6 cm³/mol. The lowest BCUT2D eigenvalue weighted by Crippen LogP contribution is -2.21. The summed E-state index contributed by atoms with van der Waals surface area (Å²) in [6, 6.07) is 3.33. The van der Waals surface area contributed by atoms with Crippen molar-refractivity contribution in [2.24, 2.45) is 0 Å². The second-order valence-electron chi connectivity index (χ2n) is 3.99. The van der Waals surface area contributed by atoms with Gasteiger partial charge in [0.05, 0.1) is 18.6 Å². The molecule has 1 atom stereocenters. The quantitative estimate of drug-likeness (QED) is 0.767. The van der Waals surface area contributed by atoms with Crippen LogP contribution in [0.25, 0.3) is 0 Å². The van der Waals surface area contributed by atoms with Crippen LogP contribution in [0.4, 0.5) is 0 Å². The van der Waals surface area contributed by atoms with Crippen molar-refractivity contribution < 1.29 is 19.1 Å². The molecule has 15 heavy (non-hydrogen) atoms. The molecule has 1 fully saturated rings. The number of ether oxygens (including phenoxy) is 1. The number of esters is 1. The number of rotatable bonds is 3. The number of methoxy groups -OCH3 is 1. The molecule has 0 aromatic carbocycles. The van der Waals surface area contributed by atoms with Crippen molar-refractivity contribution in [2.45, 2.75) is 31.3 Å². The summed E-state index contributed by atoms with van der Waals surface area (Å²) in [5.41, 5.74) is -0.272. The van der Waals surface area contributed by atoms with E-state index in [1.54, 1.807) is 19.1 Å². The third kappa shape index (κ3) is 1.55. The van der Waals surface area contributed by atoms with E-state index in [1.807, 2.05) is 0 Å². The van der Waals surface area contributed by atoms with Gasteiger partial charge in [-0.2, -0.15) is 0 Å². The van der Waals surface area contributed by atoms with Crippen molar-refractivity contribution in [1.29, 1.82) is 0 Å². The van der Waals surface area contributed by atoms with E-state index in [1.165, 1.54) is 7.11 Å². The molecule has 1 saturated carbocycles. The van der Waals surface area contributed by atoms with Crippen LogP contribution >= 0.6 is 0 Å². The van der Waals surface area contributed by atoms with E-state index in [-0.39, 0.29) is 11.2 Å². The SMILES string of the molecule is COC(=O)c1ccc(C2(C(C)O)CC2)o1. The molecule has 1 aromatic rings. The monoisotopic (exact) mass is 210 g/mol. The lowest BCUT2D eigenvalue weighted by molar-refractivity contribution is 0.0557. The van der Waals surface area contributed by atoms with E-state index >= 15 is 0 Å². The Morgan fingerprint density at radius 3 is 2.73 bits per heavy atom. The molecular formula is C11H14O4. The Morgan fingerprint density at radius 2 is 2.27 bits per heavy atom. The first-order chi connectivity index (χ1) is 7.10. The van der Waals surface area contributed by atoms with Gasteiger partial charge in [-0.05, 0) is 31.9 Å². The summed E-state index contributed by atoms with van der Waals surface area (Å²) in [6.07, 6.45) is 1.35. The number of aliphatic hydroxyl groups is 1. The predicted octanol–water partition coefficient (Wildman–Crippen LogP) is 1.48. The summed E-state index contributed by atoms with van der Waals surface area (Å²) in [6.45, 7) is 1.74. The van der Waals surface area contributed by atoms with Gasteiger partial charge in [-0.25, -0.2) is 4.79 Å². The molecule has 0 radical (unpaired) electrons. The molecule has 0 spiro atoms. The van der Waals surface area contributed by atoms with Gasteiger partial charge in [0.15, 0.2) is 0 Å². The van der Waals surface area contributed by atoms with Gasteiger partial charge < -0.3 is 14.3 Å². The number of aliphatic hydroxyl groups excluding tert-OH is 1. The van der Waals surface area contributed by atoms with Crippen molar-refractivity contribution >= 4 is 5.97 Å². The molecule has 1 N–H and O–H groups in total. The molecule has 2 rings (SSSR count). The zero-order valence-corrected chi connectivity index (χ0v) is 8.82. The van der Waals surface area contributed by atoms with Crippen molar-refractivity contribution in [1.82, 2.24) is 0 Å². The van der Waals surface area contributed by atoms with Crippen molar-refractivity contribution in [3.05, 3.63) is 23.7 Å². The maximum atomic E-state index is 11.2. The molecule has 0 amide bonds. The van der Waals surface area contributed by atoms with E-state index in [0.717, 1.165) is 12.8 Å². The van der Waals surface area contributed by atoms with Crippen molar-refractivity contribution in [2.75, 3.05) is 7.11 Å². The van der Waals surface area contributed by atoms with Gasteiger partial charge in [-0.1, -0.05) is 0 Å². The van der Waals surface area contributed by atoms with Crippen LogP contribution in [0.1, 0.15) is 36.1 Å². The van der Waals surface area contributed by atoms with Gasteiger partial charge in [0.2, 0.25) is 5.76 Å². The summed E-state index contributed by atoms with van der Waals surface area (Å²) in [4.78, 5) is 11.2. The summed E-state index contributed by atoms with van der Waals surface area (Å²) >= 11 is 0. The zero-order chi connectivity index (χ0) is 11.1. The summed E-state index contributed by atoms with van der Waals surface area (Å²) in [7, 11) is 1.31. The number of hydrogen-bond acceptors (Lipinski definition) is 4. The number of hydrogen-bond donors (Lipinski definition) is 1. The van der Waals surface area contributed by atoms with Gasteiger partial charge >= 0.3 is 5.97 Å². The van der Waals surface area contributed by atoms with Gasteiger partial charge in [-0.15, -0.1) is 0 Å². The van der Waals surface area contributed by atoms with E-state index < -0.39 is 12.1 Å². The first kappa shape index (κ1) is 10.2. The van der Waals surface area contributed by atoms with Crippen molar-refractivity contribution in [3.63, 3.8) is 0 Å². The third-order valence-electron chi connectivity index (χ3n) is 3.07. The highest BCUT2D eigenvalue weighted by molar-refractivity contribution is 5.86. The van der Waals surface area contributed by atoms with Crippen LogP contribution in [0.2, 0.25) is 0 Å². The van der Waals surface area contributed by atoms with Crippen LogP contribution in [-0.2, 0) is 10.2 Å². The van der Waals surface area contributed by atoms with Crippen LogP contribution < -0.4 is 0 Å². The highest BCUT2D eigenvalue weighted by Crippen LogP contribution is 2.51. The fourth-order valence-corrected chi connectivity index (χ4v) is 1.82. The lowest BCUT2D eigenvalue weighted by atomic mass is 9.98. The van der Waals surface area contributed by atoms with Crippen LogP contribution in [-0.4, -0.2) is 24.3 Å². The summed E-state index contributed by atoms with van der Waals surface area (Å²) in [5.74, 6) is 0.389. The Hall–Kier alpha value is -1.29. The summed E-state index contributed by atoms with van der Waals surface area (Å²) < 4.78 is 9.94. The maximum Gasteiger partial charge on any atom is 0.373 e. The topological polar surface area (TPSA) is 59.7 Å². The molecule has 0 aliphatic heterocycles. The van der Waals surface area contributed by atoms with E-state index in [9.17, 15) is 9.90 Å². The molecular weight excluding hydrogens is 196 g/mol. The minimum Gasteiger partial charge on any atom is -0.463 e. The van der Waals surface area contributed by atoms with Crippen LogP contribution in [0.3, 0.4) is 0 Å². The number of carbonyl (C=O) groups excluding carboxylic acids is 1. The zero-order valence-electron chi connectivity index (χ0n) is 8.82. The smallest absolute Gasteiger partial charge is 0.373 e. The molecule has 0 saturated heterocycles. The second kappa shape index (κ2) is 3.38. The molecule has 4 nitrogen and oxygen atoms in total. The van der Waals surface area contributed by atoms with Gasteiger partial charge in [0.1, 0.15) is 5.76 Å². The summed E-state index contributed by atoms with van der Waals surface area (Å²) in [5, 5.41) is 9.62. The van der Waals surface area contributed by atoms with Crippen LogP contribution in [0, 0.1) is 0 Å². The standard InChI is InChI=1S/C11H14O4/c1-7(12)11(5-6-11)9-4-3-8(15-9)10(13)14-2/h3-4,7,12H,5-6H2,1-2H3. The highest BCUT2D eigenvalue weighted by Gasteiger charge is 2.51. The van der Waals surface area contributed by atoms with Gasteiger partial charge in [0.25, 0.3) is 0 Å². The third-order valence-corrected chi connectivity index (χ3v) is 3.07. The van der Waals surface area contributed by atoms with Crippen LogP contribution in [0.15, 0.2) is 16.5 Å². The Labute approximate surface area is 87.8 Å². The fraction of sp³-hybridized carbons (Fsp3) is 0.545. The molecule has 1 aliphatic rings. The molecule has 1 aliphatic carbocycles. The van der Waals surface area contributed by atoms with Gasteiger partial charge in [0, 0.05) is 0 Å². The Morgan fingerprint density at radius 1 is 1.60 bits per heavy atom. The lowest BCUT2D eigenvalue weighted by Gasteiger charge is -2.15.